The monoisotopic (exact) mass is 639 g/mol. The van der Waals surface area contributed by atoms with Gasteiger partial charge in [0, 0.05) is 29.3 Å². The first-order chi connectivity index (χ1) is 22.5. The highest BCUT2D eigenvalue weighted by atomic mass is 16.5. The number of rotatable bonds is 15. The first-order valence-electron chi connectivity index (χ1n) is 16.1. The summed E-state index contributed by atoms with van der Waals surface area (Å²) in [5, 5.41) is 8.03. The third-order valence-electron chi connectivity index (χ3n) is 7.99. The molecule has 47 heavy (non-hydrogen) atoms. The van der Waals surface area contributed by atoms with E-state index in [0.29, 0.717) is 46.6 Å². The normalized spacial score (nSPS) is 13.8. The van der Waals surface area contributed by atoms with Crippen molar-refractivity contribution in [1.82, 2.24) is 0 Å². The number of nitrogens with one attached hydrogen (secondary N) is 1. The van der Waals surface area contributed by atoms with Gasteiger partial charge in [-0.25, -0.2) is 9.59 Å². The van der Waals surface area contributed by atoms with Crippen LogP contribution in [0.1, 0.15) is 81.8 Å². The second-order valence-electron chi connectivity index (χ2n) is 12.7. The molecule has 2 unspecified atom stereocenters. The van der Waals surface area contributed by atoms with Crippen LogP contribution in [-0.2, 0) is 9.53 Å². The molecule has 2 atom stereocenters. The van der Waals surface area contributed by atoms with Crippen molar-refractivity contribution in [2.24, 2.45) is 11.8 Å². The van der Waals surface area contributed by atoms with Gasteiger partial charge in [0.05, 0.1) is 18.8 Å². The minimum Gasteiger partial charge on any atom is -0.493 e. The van der Waals surface area contributed by atoms with Crippen LogP contribution in [0.4, 0.5) is 0 Å². The van der Waals surface area contributed by atoms with Crippen molar-refractivity contribution in [3.63, 3.8) is 0 Å². The Labute approximate surface area is 277 Å². The van der Waals surface area contributed by atoms with Crippen molar-refractivity contribution < 1.29 is 33.3 Å². The third kappa shape index (κ3) is 10.1. The Balaban J connectivity index is 1.43. The molecule has 4 rings (SSSR count). The number of carbonyl (C=O) groups is 2. The lowest BCUT2D eigenvalue weighted by Gasteiger charge is -2.24. The molecule has 3 aromatic carbocycles. The molecule has 248 valence electrons. The lowest BCUT2D eigenvalue weighted by molar-refractivity contribution is -0.140. The van der Waals surface area contributed by atoms with Crippen molar-refractivity contribution in [3.05, 3.63) is 102 Å². The first kappa shape index (κ1) is 35.0. The van der Waals surface area contributed by atoms with E-state index in [0.717, 1.165) is 37.0 Å². The van der Waals surface area contributed by atoms with Gasteiger partial charge >= 0.3 is 11.9 Å². The summed E-state index contributed by atoms with van der Waals surface area (Å²) in [5.41, 5.74) is 2.62. The van der Waals surface area contributed by atoms with E-state index in [2.05, 4.69) is 20.4 Å². The Hall–Kier alpha value is -4.85. The molecule has 8 nitrogen and oxygen atoms in total. The maximum absolute atomic E-state index is 12.8. The topological polar surface area (TPSA) is 104 Å². The number of carbonyl (C=O) groups excluding carboxylic acids is 2. The van der Waals surface area contributed by atoms with Gasteiger partial charge in [-0.2, -0.15) is 0 Å². The maximum Gasteiger partial charge on any atom is 0.343 e. The molecule has 1 aliphatic rings. The molecule has 8 heteroatoms. The van der Waals surface area contributed by atoms with Crippen LogP contribution in [0.2, 0.25) is 0 Å². The van der Waals surface area contributed by atoms with Gasteiger partial charge in [0.1, 0.15) is 34.4 Å². The highest BCUT2D eigenvalue weighted by molar-refractivity contribution is 5.91. The second kappa shape index (κ2) is 16.1. The number of hydrogen-bond donors (Lipinski definition) is 1. The fourth-order valence-corrected chi connectivity index (χ4v) is 4.86. The Morgan fingerprint density at radius 3 is 2.11 bits per heavy atom. The molecule has 0 saturated heterocycles. The van der Waals surface area contributed by atoms with Crippen molar-refractivity contribution in [1.29, 1.82) is 5.41 Å². The predicted molar refractivity (Wildman–Crippen MR) is 184 cm³/mol. The van der Waals surface area contributed by atoms with Crippen molar-refractivity contribution in [2.75, 3.05) is 13.2 Å². The van der Waals surface area contributed by atoms with E-state index in [-0.39, 0.29) is 18.1 Å². The maximum atomic E-state index is 12.8. The largest absolute Gasteiger partial charge is 0.493 e. The molecule has 3 aromatic rings. The molecule has 0 spiro atoms. The van der Waals surface area contributed by atoms with Crippen LogP contribution in [0.3, 0.4) is 0 Å². The van der Waals surface area contributed by atoms with E-state index < -0.39 is 11.9 Å². The number of hydrogen-bond acceptors (Lipinski definition) is 8. The van der Waals surface area contributed by atoms with E-state index >= 15 is 0 Å². The molecule has 0 aliphatic heterocycles. The smallest absolute Gasteiger partial charge is 0.343 e. The van der Waals surface area contributed by atoms with Crippen LogP contribution in [0.5, 0.6) is 23.0 Å². The molecule has 1 aliphatic carbocycles. The molecular formula is C39H45NO7. The van der Waals surface area contributed by atoms with E-state index in [9.17, 15) is 9.59 Å². The second-order valence-corrected chi connectivity index (χ2v) is 12.7. The lowest BCUT2D eigenvalue weighted by atomic mass is 9.89. The molecular weight excluding hydrogens is 594 g/mol. The number of benzene rings is 3. The van der Waals surface area contributed by atoms with Crippen LogP contribution in [-0.4, -0.2) is 37.0 Å². The van der Waals surface area contributed by atoms with E-state index in [4.69, 9.17) is 29.1 Å². The summed E-state index contributed by atoms with van der Waals surface area (Å²) in [7, 11) is 0. The molecule has 0 amide bonds. The van der Waals surface area contributed by atoms with Gasteiger partial charge in [0.25, 0.3) is 0 Å². The summed E-state index contributed by atoms with van der Waals surface area (Å²) in [5.74, 6) is 2.34. The summed E-state index contributed by atoms with van der Waals surface area (Å²) in [6.45, 7) is 14.2. The Bertz CT molecular complexity index is 1580. The summed E-state index contributed by atoms with van der Waals surface area (Å²) < 4.78 is 29.3. The fourth-order valence-electron chi connectivity index (χ4n) is 4.86. The molecule has 0 radical (unpaired) electrons. The molecule has 0 heterocycles. The summed E-state index contributed by atoms with van der Waals surface area (Å²) in [6, 6.07) is 19.5. The van der Waals surface area contributed by atoms with Gasteiger partial charge in [0.15, 0.2) is 0 Å². The molecule has 0 bridgehead atoms. The minimum absolute atomic E-state index is 0.0509. The zero-order valence-electron chi connectivity index (χ0n) is 28.0. The average molecular weight is 640 g/mol. The number of allylic oxidation sites excluding steroid dienone is 1. The SMILES string of the molecule is C=CC(=O)OCC(COc1ccc(C(Oc2ccc(OC(=O)c3ccc(OC(C)(C)C)cc3)cc2C=N)=C2CCC2)cc1)C(C)CC. The predicted octanol–water partition coefficient (Wildman–Crippen LogP) is 8.83. The van der Waals surface area contributed by atoms with E-state index in [1.165, 1.54) is 17.9 Å². The summed E-state index contributed by atoms with van der Waals surface area (Å²) in [4.78, 5) is 24.4. The minimum atomic E-state index is -0.509. The van der Waals surface area contributed by atoms with Crippen molar-refractivity contribution in [2.45, 2.75) is 65.9 Å². The fraction of sp³-hybridized carbons (Fsp3) is 0.359. The molecule has 1 fully saturated rings. The molecule has 0 aromatic heterocycles. The van der Waals surface area contributed by atoms with Crippen LogP contribution in [0.25, 0.3) is 5.76 Å². The van der Waals surface area contributed by atoms with Gasteiger partial charge in [-0.3, -0.25) is 0 Å². The van der Waals surface area contributed by atoms with E-state index in [1.54, 1.807) is 42.5 Å². The van der Waals surface area contributed by atoms with Crippen LogP contribution < -0.4 is 18.9 Å². The van der Waals surface area contributed by atoms with Crippen molar-refractivity contribution in [3.8, 4) is 23.0 Å². The Kier molecular flexibility index (Phi) is 12.0. The van der Waals surface area contributed by atoms with Gasteiger partial charge < -0.3 is 29.1 Å². The molecule has 1 N–H and O–H groups in total. The highest BCUT2D eigenvalue weighted by Crippen LogP contribution is 2.37. The van der Waals surface area contributed by atoms with Gasteiger partial charge in [0.2, 0.25) is 0 Å². The Morgan fingerprint density at radius 2 is 1.53 bits per heavy atom. The average Bonchev–Trinajstić information content (AvgIpc) is 3.03. The number of ether oxygens (including phenoxy) is 5. The van der Waals surface area contributed by atoms with Crippen LogP contribution in [0.15, 0.2) is 85.0 Å². The standard InChI is InChI=1S/C39H45NO7/c1-7-26(3)31(25-44-36(41)8-2)24-43-32-16-12-28(13-17-32)37(27-10-9-11-27)46-35-21-20-34(22-30(35)23-40)45-38(42)29-14-18-33(19-15-29)47-39(4,5)6/h8,12-23,26,31,40H,2,7,9-11,24-25H2,1,3-6H3. The lowest BCUT2D eigenvalue weighted by Crippen LogP contribution is -2.25. The zero-order valence-corrected chi connectivity index (χ0v) is 28.0. The van der Waals surface area contributed by atoms with E-state index in [1.807, 2.05) is 45.0 Å². The third-order valence-corrected chi connectivity index (χ3v) is 7.99. The first-order valence-corrected chi connectivity index (χ1v) is 16.1. The van der Waals surface area contributed by atoms with Crippen LogP contribution >= 0.6 is 0 Å². The highest BCUT2D eigenvalue weighted by Gasteiger charge is 2.22. The van der Waals surface area contributed by atoms with Crippen molar-refractivity contribution >= 4 is 23.9 Å². The summed E-state index contributed by atoms with van der Waals surface area (Å²) in [6.07, 6.45) is 6.25. The zero-order chi connectivity index (χ0) is 34.0. The Morgan fingerprint density at radius 1 is 0.894 bits per heavy atom. The van der Waals surface area contributed by atoms with Crippen LogP contribution in [0, 0.1) is 17.2 Å². The van der Waals surface area contributed by atoms with Gasteiger partial charge in [-0.05, 0) is 118 Å². The van der Waals surface area contributed by atoms with Gasteiger partial charge in [-0.15, -0.1) is 0 Å². The summed E-state index contributed by atoms with van der Waals surface area (Å²) >= 11 is 0. The quantitative estimate of drug-likeness (QED) is 0.0583. The number of esters is 2. The molecule has 1 saturated carbocycles. The van der Waals surface area contributed by atoms with Gasteiger partial charge in [-0.1, -0.05) is 26.8 Å².